The van der Waals surface area contributed by atoms with Gasteiger partial charge in [0.1, 0.15) is 0 Å². The minimum Gasteiger partial charge on any atom is -0.481 e. The highest BCUT2D eigenvalue weighted by Crippen LogP contribution is 2.41. The maximum Gasteiger partial charge on any atom is 0.303 e. The Kier molecular flexibility index (Phi) is 3.69. The van der Waals surface area contributed by atoms with E-state index in [0.717, 1.165) is 25.7 Å². The van der Waals surface area contributed by atoms with Gasteiger partial charge in [-0.25, -0.2) is 4.98 Å². The van der Waals surface area contributed by atoms with E-state index in [-0.39, 0.29) is 30.0 Å². The molecule has 3 rings (SSSR count). The molecule has 0 amide bonds. The van der Waals surface area contributed by atoms with Gasteiger partial charge in [0.2, 0.25) is 0 Å². The lowest BCUT2D eigenvalue weighted by Crippen LogP contribution is -2.46. The van der Waals surface area contributed by atoms with E-state index in [4.69, 9.17) is 5.11 Å². The second-order valence-corrected chi connectivity index (χ2v) is 6.07. The normalized spacial score (nSPS) is 27.9. The Hall–Kier alpha value is -1.85. The number of carboxylic acids is 1. The molecule has 21 heavy (non-hydrogen) atoms. The highest BCUT2D eigenvalue weighted by Gasteiger charge is 2.42. The van der Waals surface area contributed by atoms with E-state index in [9.17, 15) is 9.59 Å². The molecule has 6 heteroatoms. The third-order valence-electron chi connectivity index (χ3n) is 4.77. The zero-order valence-electron chi connectivity index (χ0n) is 12.2. The minimum atomic E-state index is -0.723. The van der Waals surface area contributed by atoms with E-state index >= 15 is 0 Å². The third kappa shape index (κ3) is 2.54. The van der Waals surface area contributed by atoms with Crippen LogP contribution in [0.2, 0.25) is 0 Å². The van der Waals surface area contributed by atoms with Gasteiger partial charge in [0, 0.05) is 37.4 Å². The summed E-state index contributed by atoms with van der Waals surface area (Å²) in [5.74, 6) is 0.0491. The molecule has 0 aliphatic carbocycles. The van der Waals surface area contributed by atoms with Crippen molar-refractivity contribution in [1.29, 1.82) is 0 Å². The number of piperidine rings is 1. The highest BCUT2D eigenvalue weighted by atomic mass is 16.4. The Bertz CT molecular complexity index is 584. The molecule has 2 unspecified atom stereocenters. The van der Waals surface area contributed by atoms with Gasteiger partial charge in [-0.2, -0.15) is 0 Å². The Morgan fingerprint density at radius 2 is 2.05 bits per heavy atom. The zero-order chi connectivity index (χ0) is 15.0. The first kappa shape index (κ1) is 14.1. The number of anilines is 1. The van der Waals surface area contributed by atoms with E-state index in [0.29, 0.717) is 12.4 Å². The van der Waals surface area contributed by atoms with Gasteiger partial charge in [0.15, 0.2) is 5.82 Å². The first-order valence-corrected chi connectivity index (χ1v) is 7.65. The van der Waals surface area contributed by atoms with Crippen LogP contribution in [0.4, 0.5) is 5.82 Å². The summed E-state index contributed by atoms with van der Waals surface area (Å²) in [4.78, 5) is 29.8. The van der Waals surface area contributed by atoms with Crippen molar-refractivity contribution in [3.63, 3.8) is 0 Å². The van der Waals surface area contributed by atoms with Crippen molar-refractivity contribution in [3.8, 4) is 0 Å². The number of fused-ring (bicyclic) bond motifs is 2. The predicted molar refractivity (Wildman–Crippen MR) is 78.4 cm³/mol. The third-order valence-corrected chi connectivity index (χ3v) is 4.77. The summed E-state index contributed by atoms with van der Waals surface area (Å²) in [5.41, 5.74) is -0.0337. The van der Waals surface area contributed by atoms with Crippen molar-refractivity contribution in [2.75, 3.05) is 4.90 Å². The standard InChI is InChI=1S/C15H21N3O3/c1-2-17-6-5-16-14(15(17)21)18-11-3-4-12(18)8-10(7-11)9-13(19)20/h5-6,10-12H,2-4,7-9H2,1H3,(H,19,20). The lowest BCUT2D eigenvalue weighted by Gasteiger charge is -2.39. The molecule has 0 aromatic carbocycles. The molecular formula is C15H21N3O3. The Labute approximate surface area is 123 Å². The lowest BCUT2D eigenvalue weighted by molar-refractivity contribution is -0.138. The Morgan fingerprint density at radius 1 is 1.38 bits per heavy atom. The van der Waals surface area contributed by atoms with Crippen LogP contribution >= 0.6 is 0 Å². The first-order chi connectivity index (χ1) is 10.1. The molecular weight excluding hydrogens is 270 g/mol. The molecule has 6 nitrogen and oxygen atoms in total. The lowest BCUT2D eigenvalue weighted by atomic mass is 9.88. The van der Waals surface area contributed by atoms with E-state index in [1.807, 2.05) is 6.92 Å². The molecule has 2 saturated heterocycles. The maximum atomic E-state index is 12.4. The number of nitrogens with zero attached hydrogens (tertiary/aromatic N) is 3. The molecule has 1 aromatic rings. The molecule has 0 radical (unpaired) electrons. The van der Waals surface area contributed by atoms with Gasteiger partial charge in [-0.15, -0.1) is 0 Å². The quantitative estimate of drug-likeness (QED) is 0.909. The first-order valence-electron chi connectivity index (χ1n) is 7.65. The Balaban J connectivity index is 1.86. The smallest absolute Gasteiger partial charge is 0.303 e. The monoisotopic (exact) mass is 291 g/mol. The second kappa shape index (κ2) is 5.50. The predicted octanol–water partition coefficient (Wildman–Crippen LogP) is 1.49. The number of hydrogen-bond acceptors (Lipinski definition) is 4. The molecule has 2 bridgehead atoms. The van der Waals surface area contributed by atoms with Crippen LogP contribution in [-0.2, 0) is 11.3 Å². The van der Waals surface area contributed by atoms with Crippen molar-refractivity contribution >= 4 is 11.8 Å². The fourth-order valence-electron chi connectivity index (χ4n) is 3.91. The SMILES string of the molecule is CCn1ccnc(N2C3CCC2CC(CC(=O)O)C3)c1=O. The van der Waals surface area contributed by atoms with E-state index in [1.165, 1.54) is 0 Å². The van der Waals surface area contributed by atoms with Crippen LogP contribution in [0.5, 0.6) is 0 Å². The number of aromatic nitrogens is 2. The van der Waals surface area contributed by atoms with Crippen molar-refractivity contribution in [2.45, 2.75) is 57.7 Å². The van der Waals surface area contributed by atoms with Crippen molar-refractivity contribution < 1.29 is 9.90 Å². The maximum absolute atomic E-state index is 12.4. The zero-order valence-corrected chi connectivity index (χ0v) is 12.2. The van der Waals surface area contributed by atoms with Gasteiger partial charge in [0.05, 0.1) is 0 Å². The van der Waals surface area contributed by atoms with Gasteiger partial charge in [-0.1, -0.05) is 0 Å². The van der Waals surface area contributed by atoms with E-state index in [2.05, 4.69) is 9.88 Å². The van der Waals surface area contributed by atoms with Crippen LogP contribution in [0.25, 0.3) is 0 Å². The summed E-state index contributed by atoms with van der Waals surface area (Å²) in [6.45, 7) is 2.58. The van der Waals surface area contributed by atoms with E-state index in [1.54, 1.807) is 17.0 Å². The van der Waals surface area contributed by atoms with Crippen LogP contribution in [0.15, 0.2) is 17.2 Å². The summed E-state index contributed by atoms with van der Waals surface area (Å²) >= 11 is 0. The molecule has 2 atom stereocenters. The van der Waals surface area contributed by atoms with Crippen molar-refractivity contribution in [3.05, 3.63) is 22.7 Å². The van der Waals surface area contributed by atoms with Crippen LogP contribution in [0.1, 0.15) is 39.0 Å². The molecule has 0 spiro atoms. The number of aliphatic carboxylic acids is 1. The van der Waals surface area contributed by atoms with Crippen LogP contribution in [-0.4, -0.2) is 32.7 Å². The summed E-state index contributed by atoms with van der Waals surface area (Å²) in [7, 11) is 0. The van der Waals surface area contributed by atoms with Gasteiger partial charge in [-0.3, -0.25) is 9.59 Å². The molecule has 2 aliphatic rings. The largest absolute Gasteiger partial charge is 0.481 e. The molecule has 1 aromatic heterocycles. The van der Waals surface area contributed by atoms with Crippen molar-refractivity contribution in [2.24, 2.45) is 5.92 Å². The molecule has 3 heterocycles. The average Bonchev–Trinajstić information content (AvgIpc) is 2.70. The number of rotatable bonds is 4. The fourth-order valence-corrected chi connectivity index (χ4v) is 3.91. The number of aryl methyl sites for hydroxylation is 1. The summed E-state index contributed by atoms with van der Waals surface area (Å²) < 4.78 is 1.67. The van der Waals surface area contributed by atoms with Crippen LogP contribution in [0, 0.1) is 5.92 Å². The van der Waals surface area contributed by atoms with Gasteiger partial charge in [0.25, 0.3) is 5.56 Å². The van der Waals surface area contributed by atoms with Crippen LogP contribution < -0.4 is 10.5 Å². The van der Waals surface area contributed by atoms with Gasteiger partial charge in [-0.05, 0) is 38.5 Å². The number of carboxylic acid groups (broad SMARTS) is 1. The summed E-state index contributed by atoms with van der Waals surface area (Å²) in [6, 6.07) is 0.530. The summed E-state index contributed by atoms with van der Waals surface area (Å²) in [6.07, 6.45) is 7.40. The fraction of sp³-hybridized carbons (Fsp3) is 0.667. The minimum absolute atomic E-state index is 0.0337. The van der Waals surface area contributed by atoms with Gasteiger partial charge < -0.3 is 14.6 Å². The molecule has 1 N–H and O–H groups in total. The average molecular weight is 291 g/mol. The molecule has 114 valence electrons. The topological polar surface area (TPSA) is 75.4 Å². The van der Waals surface area contributed by atoms with Crippen molar-refractivity contribution in [1.82, 2.24) is 9.55 Å². The molecule has 2 fully saturated rings. The number of hydrogen-bond donors (Lipinski definition) is 1. The number of carbonyl (C=O) groups is 1. The van der Waals surface area contributed by atoms with E-state index < -0.39 is 5.97 Å². The Morgan fingerprint density at radius 3 is 2.62 bits per heavy atom. The molecule has 0 saturated carbocycles. The van der Waals surface area contributed by atoms with Crippen LogP contribution in [0.3, 0.4) is 0 Å². The molecule has 2 aliphatic heterocycles. The second-order valence-electron chi connectivity index (χ2n) is 6.07. The summed E-state index contributed by atoms with van der Waals surface area (Å²) in [5, 5.41) is 8.97. The highest BCUT2D eigenvalue weighted by molar-refractivity contribution is 5.67. The van der Waals surface area contributed by atoms with Gasteiger partial charge >= 0.3 is 5.97 Å².